The fourth-order valence-electron chi connectivity index (χ4n) is 11.6. The summed E-state index contributed by atoms with van der Waals surface area (Å²) in [6.07, 6.45) is 50.3. The molecule has 5 atom stereocenters. The molecule has 0 amide bonds. The largest absolute Gasteiger partial charge is 0.472 e. The second kappa shape index (κ2) is 65.4. The number of rotatable bonds is 73. The van der Waals surface area contributed by atoms with Crippen molar-refractivity contribution in [2.75, 3.05) is 39.6 Å². The van der Waals surface area contributed by atoms with Gasteiger partial charge in [0.2, 0.25) is 0 Å². The normalized spacial score (nSPS) is 14.1. The maximum absolute atomic E-state index is 13.1. The molecule has 0 aromatic carbocycles. The number of aliphatic hydroxyl groups is 1. The van der Waals surface area contributed by atoms with Gasteiger partial charge < -0.3 is 33.8 Å². The van der Waals surface area contributed by atoms with Crippen molar-refractivity contribution in [1.82, 2.24) is 0 Å². The van der Waals surface area contributed by atoms with E-state index in [-0.39, 0.29) is 25.7 Å². The van der Waals surface area contributed by atoms with Crippen LogP contribution in [-0.2, 0) is 65.4 Å². The lowest BCUT2D eigenvalue weighted by molar-refractivity contribution is -0.161. The zero-order chi connectivity index (χ0) is 70.3. The number of ether oxygens (including phenoxy) is 4. The maximum atomic E-state index is 13.1. The molecule has 0 aliphatic rings. The van der Waals surface area contributed by atoms with E-state index >= 15 is 0 Å². The van der Waals surface area contributed by atoms with Crippen LogP contribution < -0.4 is 0 Å². The molecule has 0 fully saturated rings. The summed E-state index contributed by atoms with van der Waals surface area (Å²) in [5.74, 6) is 0.859. The van der Waals surface area contributed by atoms with Gasteiger partial charge in [0.25, 0.3) is 0 Å². The second-order valence-corrected chi connectivity index (χ2v) is 32.2. The second-order valence-electron chi connectivity index (χ2n) is 29.3. The smallest absolute Gasteiger partial charge is 0.462 e. The molecule has 0 rings (SSSR count). The Bertz CT molecular complexity index is 1870. The molecule has 0 aliphatic carbocycles. The number of esters is 4. The highest BCUT2D eigenvalue weighted by atomic mass is 31.2. The number of aliphatic hydroxyl groups excluding tert-OH is 1. The fraction of sp³-hybridized carbons (Fsp3) is 0.947. The summed E-state index contributed by atoms with van der Waals surface area (Å²) in [7, 11) is -9.91. The highest BCUT2D eigenvalue weighted by Gasteiger charge is 2.30. The molecule has 0 radical (unpaired) electrons. The van der Waals surface area contributed by atoms with Gasteiger partial charge in [0, 0.05) is 25.7 Å². The molecule has 19 heteroatoms. The predicted molar refractivity (Wildman–Crippen MR) is 386 cm³/mol. The Balaban J connectivity index is 5.21. The monoisotopic (exact) mass is 1400 g/mol. The van der Waals surface area contributed by atoms with Crippen LogP contribution >= 0.6 is 15.6 Å². The maximum Gasteiger partial charge on any atom is 0.472 e. The molecule has 3 N–H and O–H groups in total. The van der Waals surface area contributed by atoms with Gasteiger partial charge in [-0.1, -0.05) is 331 Å². The lowest BCUT2D eigenvalue weighted by Gasteiger charge is -2.21. The number of carbonyl (C=O) groups excluding carboxylic acids is 4. The zero-order valence-electron chi connectivity index (χ0n) is 62.3. The molecular weight excluding hydrogens is 1250 g/mol. The molecule has 17 nitrogen and oxygen atoms in total. The summed E-state index contributed by atoms with van der Waals surface area (Å²) in [5, 5.41) is 10.6. The van der Waals surface area contributed by atoms with E-state index in [1.807, 2.05) is 0 Å². The minimum atomic E-state index is -4.96. The van der Waals surface area contributed by atoms with Gasteiger partial charge in [-0.25, -0.2) is 9.13 Å². The molecule has 0 aromatic heterocycles. The summed E-state index contributed by atoms with van der Waals surface area (Å²) < 4.78 is 68.4. The van der Waals surface area contributed by atoms with Crippen LogP contribution in [-0.4, -0.2) is 96.7 Å². The topological polar surface area (TPSA) is 237 Å². The quantitative estimate of drug-likeness (QED) is 0.0222. The third-order valence-electron chi connectivity index (χ3n) is 17.6. The van der Waals surface area contributed by atoms with Gasteiger partial charge in [0.1, 0.15) is 19.3 Å². The van der Waals surface area contributed by atoms with Crippen molar-refractivity contribution < 1.29 is 80.2 Å². The van der Waals surface area contributed by atoms with Crippen molar-refractivity contribution in [2.45, 2.75) is 401 Å². The van der Waals surface area contributed by atoms with Crippen LogP contribution in [0.2, 0.25) is 0 Å². The third kappa shape index (κ3) is 70.3. The zero-order valence-corrected chi connectivity index (χ0v) is 64.1. The molecule has 95 heavy (non-hydrogen) atoms. The molecule has 2 unspecified atom stereocenters. The molecule has 0 bridgehead atoms. The lowest BCUT2D eigenvalue weighted by Crippen LogP contribution is -2.30. The number of phosphoric ester groups is 2. The molecular formula is C76H148O17P2. The average molecular weight is 1400 g/mol. The predicted octanol–water partition coefficient (Wildman–Crippen LogP) is 22.0. The van der Waals surface area contributed by atoms with Crippen LogP contribution in [0.5, 0.6) is 0 Å². The first-order chi connectivity index (χ1) is 45.6. The van der Waals surface area contributed by atoms with Crippen LogP contribution in [0.25, 0.3) is 0 Å². The Kier molecular flexibility index (Phi) is 64.0. The van der Waals surface area contributed by atoms with E-state index in [4.69, 9.17) is 37.0 Å². The van der Waals surface area contributed by atoms with Crippen LogP contribution in [0.3, 0.4) is 0 Å². The number of carbonyl (C=O) groups is 4. The first-order valence-corrected chi connectivity index (χ1v) is 42.2. The van der Waals surface area contributed by atoms with Crippen molar-refractivity contribution >= 4 is 39.5 Å². The van der Waals surface area contributed by atoms with Crippen LogP contribution in [0, 0.1) is 23.7 Å². The Morgan fingerprint density at radius 3 is 0.653 bits per heavy atom. The number of hydrogen-bond acceptors (Lipinski definition) is 15. The minimum Gasteiger partial charge on any atom is -0.462 e. The molecule has 0 spiro atoms. The van der Waals surface area contributed by atoms with Gasteiger partial charge >= 0.3 is 39.5 Å². The minimum absolute atomic E-state index is 0.102. The Labute approximate surface area is 581 Å². The van der Waals surface area contributed by atoms with Crippen molar-refractivity contribution in [2.24, 2.45) is 23.7 Å². The highest BCUT2D eigenvalue weighted by Crippen LogP contribution is 2.45. The van der Waals surface area contributed by atoms with E-state index in [9.17, 15) is 43.2 Å². The average Bonchev–Trinajstić information content (AvgIpc) is 1.29. The molecule has 0 saturated heterocycles. The fourth-order valence-corrected chi connectivity index (χ4v) is 13.1. The van der Waals surface area contributed by atoms with Crippen molar-refractivity contribution in [3.63, 3.8) is 0 Å². The van der Waals surface area contributed by atoms with Gasteiger partial charge in [-0.2, -0.15) is 0 Å². The first-order valence-electron chi connectivity index (χ1n) is 39.2. The van der Waals surface area contributed by atoms with Crippen LogP contribution in [0.1, 0.15) is 383 Å². The third-order valence-corrected chi connectivity index (χ3v) is 19.5. The summed E-state index contributed by atoms with van der Waals surface area (Å²) in [6, 6.07) is 0. The van der Waals surface area contributed by atoms with Gasteiger partial charge in [-0.05, 0) is 49.4 Å². The molecule has 564 valence electrons. The van der Waals surface area contributed by atoms with Crippen molar-refractivity contribution in [3.05, 3.63) is 0 Å². The highest BCUT2D eigenvalue weighted by molar-refractivity contribution is 7.47. The van der Waals surface area contributed by atoms with Gasteiger partial charge in [-0.15, -0.1) is 0 Å². The molecule has 0 heterocycles. The van der Waals surface area contributed by atoms with Crippen molar-refractivity contribution in [3.8, 4) is 0 Å². The van der Waals surface area contributed by atoms with Crippen molar-refractivity contribution in [1.29, 1.82) is 0 Å². The van der Waals surface area contributed by atoms with E-state index in [0.29, 0.717) is 37.5 Å². The number of hydrogen-bond donors (Lipinski definition) is 3. The van der Waals surface area contributed by atoms with Crippen LogP contribution in [0.4, 0.5) is 0 Å². The van der Waals surface area contributed by atoms with Gasteiger partial charge in [0.15, 0.2) is 12.2 Å². The van der Waals surface area contributed by atoms with Gasteiger partial charge in [-0.3, -0.25) is 37.3 Å². The lowest BCUT2D eigenvalue weighted by atomic mass is 10.0. The SMILES string of the molecule is CC(C)CCCCCCCCCCCCCCCCCC(=O)OC[C@H](COP(=O)(O)OC[C@@H](O)COP(=O)(O)OC[C@@H](COC(=O)CCCCCCCCC(C)C)OC(=O)CCCCCCCCCC(C)C)OC(=O)CCCCCCCCCCCCCCCCCC(C)C. The Hall–Kier alpha value is -1.94. The van der Waals surface area contributed by atoms with E-state index in [1.54, 1.807) is 0 Å². The molecule has 0 aromatic rings. The molecule has 0 saturated carbocycles. The summed E-state index contributed by atoms with van der Waals surface area (Å²) in [4.78, 5) is 72.7. The molecule has 0 aliphatic heterocycles. The summed E-state index contributed by atoms with van der Waals surface area (Å²) >= 11 is 0. The first kappa shape index (κ1) is 93.1. The van der Waals surface area contributed by atoms with E-state index < -0.39 is 97.5 Å². The van der Waals surface area contributed by atoms with E-state index in [0.717, 1.165) is 108 Å². The standard InChI is InChI=1S/C76H148O17P2/c1-66(2)52-44-36-28-23-19-15-11-9-13-17-21-25-31-40-48-56-73(78)86-62-71(92-75(80)58-50-42-32-26-22-18-14-10-12-16-20-24-29-37-45-53-67(3)4)64-90-94(82,83)88-60-70(77)61-89-95(84,85)91-65-72(63-87-74(79)57-49-41-35-34-39-47-55-69(7)8)93-76(81)59-51-43-33-27-30-38-46-54-68(5)6/h66-72,77H,9-65H2,1-8H3,(H,82,83)(H,84,85)/t70-,71-,72-/m1/s1. The summed E-state index contributed by atoms with van der Waals surface area (Å²) in [5.41, 5.74) is 0. The van der Waals surface area contributed by atoms with E-state index in [2.05, 4.69) is 55.4 Å². The van der Waals surface area contributed by atoms with Crippen LogP contribution in [0.15, 0.2) is 0 Å². The number of unbranched alkanes of at least 4 members (excludes halogenated alkanes) is 39. The van der Waals surface area contributed by atoms with Gasteiger partial charge in [0.05, 0.1) is 26.4 Å². The number of phosphoric acid groups is 2. The Morgan fingerprint density at radius 1 is 0.263 bits per heavy atom. The Morgan fingerprint density at radius 2 is 0.442 bits per heavy atom. The van der Waals surface area contributed by atoms with E-state index in [1.165, 1.54) is 180 Å². The summed E-state index contributed by atoms with van der Waals surface area (Å²) in [6.45, 7) is 14.1.